The molecule has 0 aliphatic heterocycles. The summed E-state index contributed by atoms with van der Waals surface area (Å²) < 4.78 is 26.5. The van der Waals surface area contributed by atoms with Crippen LogP contribution in [0.4, 0.5) is 13.6 Å². The summed E-state index contributed by atoms with van der Waals surface area (Å²) in [6.45, 7) is 1.71. The van der Waals surface area contributed by atoms with Gasteiger partial charge in [0, 0.05) is 11.6 Å². The van der Waals surface area contributed by atoms with Gasteiger partial charge in [-0.1, -0.05) is 24.3 Å². The largest absolute Gasteiger partial charge is 0.465 e. The maximum atomic E-state index is 13.6. The zero-order valence-corrected chi connectivity index (χ0v) is 10.7. The normalized spacial score (nSPS) is 11.9. The van der Waals surface area contributed by atoms with E-state index in [1.165, 1.54) is 12.1 Å². The van der Waals surface area contributed by atoms with E-state index in [0.717, 1.165) is 11.6 Å². The molecule has 0 aliphatic carbocycles. The highest BCUT2D eigenvalue weighted by Crippen LogP contribution is 2.25. The molecule has 5 heteroatoms. The van der Waals surface area contributed by atoms with E-state index in [1.54, 1.807) is 31.2 Å². The quantitative estimate of drug-likeness (QED) is 0.892. The highest BCUT2D eigenvalue weighted by molar-refractivity contribution is 5.66. The first-order chi connectivity index (χ1) is 9.47. The molecule has 20 heavy (non-hydrogen) atoms. The predicted octanol–water partition coefficient (Wildman–Crippen LogP) is 3.96. The third kappa shape index (κ3) is 3.12. The van der Waals surface area contributed by atoms with E-state index < -0.39 is 17.7 Å². The highest BCUT2D eigenvalue weighted by Gasteiger charge is 2.10. The Bertz CT molecular complexity index is 626. The fourth-order valence-corrected chi connectivity index (χ4v) is 1.94. The number of carbonyl (C=O) groups is 1. The van der Waals surface area contributed by atoms with Gasteiger partial charge in [0.15, 0.2) is 0 Å². The van der Waals surface area contributed by atoms with Gasteiger partial charge in [-0.15, -0.1) is 0 Å². The second kappa shape index (κ2) is 5.69. The molecule has 0 spiro atoms. The average molecular weight is 277 g/mol. The van der Waals surface area contributed by atoms with Crippen LogP contribution in [-0.4, -0.2) is 11.2 Å². The van der Waals surface area contributed by atoms with Crippen molar-refractivity contribution in [1.29, 1.82) is 0 Å². The third-order valence-electron chi connectivity index (χ3n) is 2.99. The van der Waals surface area contributed by atoms with Crippen LogP contribution in [0.3, 0.4) is 0 Å². The Labute approximate surface area is 114 Å². The molecule has 0 bridgehead atoms. The Morgan fingerprint density at radius 2 is 1.80 bits per heavy atom. The number of carboxylic acid groups (broad SMARTS) is 1. The summed E-state index contributed by atoms with van der Waals surface area (Å²) in [6, 6.07) is 9.80. The van der Waals surface area contributed by atoms with Crippen molar-refractivity contribution in [3.63, 3.8) is 0 Å². The van der Waals surface area contributed by atoms with Gasteiger partial charge >= 0.3 is 6.09 Å². The molecule has 104 valence electrons. The standard InChI is InChI=1S/C15H13F2NO2/c1-9(18-15(19)20)10-2-4-11(5-3-10)13-7-6-12(16)8-14(13)17/h2-9,18H,1H3,(H,19,20)/t9-/m0/s1. The second-order valence-corrected chi connectivity index (χ2v) is 4.42. The van der Waals surface area contributed by atoms with E-state index in [-0.39, 0.29) is 6.04 Å². The van der Waals surface area contributed by atoms with Crippen LogP contribution >= 0.6 is 0 Å². The number of halogens is 2. The van der Waals surface area contributed by atoms with Gasteiger partial charge in [-0.2, -0.15) is 0 Å². The number of nitrogens with one attached hydrogen (secondary N) is 1. The molecule has 2 aromatic rings. The van der Waals surface area contributed by atoms with E-state index in [0.29, 0.717) is 11.1 Å². The van der Waals surface area contributed by atoms with Crippen molar-refractivity contribution in [3.8, 4) is 11.1 Å². The van der Waals surface area contributed by atoms with Gasteiger partial charge in [0.1, 0.15) is 11.6 Å². The fraction of sp³-hybridized carbons (Fsp3) is 0.133. The molecule has 3 nitrogen and oxygen atoms in total. The monoisotopic (exact) mass is 277 g/mol. The summed E-state index contributed by atoms with van der Waals surface area (Å²) in [5.74, 6) is -1.25. The van der Waals surface area contributed by atoms with Gasteiger partial charge < -0.3 is 10.4 Å². The Morgan fingerprint density at radius 3 is 2.35 bits per heavy atom. The first kappa shape index (κ1) is 14.0. The summed E-state index contributed by atoms with van der Waals surface area (Å²) in [5.41, 5.74) is 1.67. The topological polar surface area (TPSA) is 49.3 Å². The molecule has 1 amide bonds. The molecule has 0 unspecified atom stereocenters. The molecule has 0 fully saturated rings. The van der Waals surface area contributed by atoms with Gasteiger partial charge in [0.2, 0.25) is 0 Å². The van der Waals surface area contributed by atoms with Gasteiger partial charge in [-0.3, -0.25) is 0 Å². The van der Waals surface area contributed by atoms with Crippen LogP contribution in [-0.2, 0) is 0 Å². The molecular weight excluding hydrogens is 264 g/mol. The molecule has 0 aromatic heterocycles. The van der Waals surface area contributed by atoms with E-state index in [4.69, 9.17) is 5.11 Å². The van der Waals surface area contributed by atoms with Crippen LogP contribution < -0.4 is 5.32 Å². The average Bonchev–Trinajstić information content (AvgIpc) is 2.38. The molecule has 2 rings (SSSR count). The minimum atomic E-state index is -1.11. The minimum Gasteiger partial charge on any atom is -0.465 e. The first-order valence-corrected chi connectivity index (χ1v) is 6.02. The number of amides is 1. The van der Waals surface area contributed by atoms with Crippen molar-refractivity contribution in [3.05, 3.63) is 59.7 Å². The SMILES string of the molecule is C[C@H](NC(=O)O)c1ccc(-c2ccc(F)cc2F)cc1. The van der Waals surface area contributed by atoms with E-state index in [9.17, 15) is 13.6 Å². The van der Waals surface area contributed by atoms with Crippen LogP contribution in [0.2, 0.25) is 0 Å². The number of hydrogen-bond acceptors (Lipinski definition) is 1. The number of benzene rings is 2. The van der Waals surface area contributed by atoms with Gasteiger partial charge in [0.05, 0.1) is 6.04 Å². The molecule has 0 aliphatic rings. The van der Waals surface area contributed by atoms with Gasteiger partial charge in [-0.05, 0) is 30.2 Å². The molecule has 0 saturated heterocycles. The second-order valence-electron chi connectivity index (χ2n) is 4.42. The van der Waals surface area contributed by atoms with Crippen LogP contribution in [0.5, 0.6) is 0 Å². The smallest absolute Gasteiger partial charge is 0.405 e. The van der Waals surface area contributed by atoms with Crippen molar-refractivity contribution >= 4 is 6.09 Å². The van der Waals surface area contributed by atoms with Crippen molar-refractivity contribution in [2.45, 2.75) is 13.0 Å². The molecular formula is C15H13F2NO2. The highest BCUT2D eigenvalue weighted by atomic mass is 19.1. The molecule has 0 heterocycles. The Balaban J connectivity index is 2.25. The van der Waals surface area contributed by atoms with Crippen molar-refractivity contribution < 1.29 is 18.7 Å². The zero-order valence-electron chi connectivity index (χ0n) is 10.7. The summed E-state index contributed by atoms with van der Waals surface area (Å²) in [5, 5.41) is 11.0. The van der Waals surface area contributed by atoms with E-state index in [1.807, 2.05) is 0 Å². The maximum Gasteiger partial charge on any atom is 0.405 e. The lowest BCUT2D eigenvalue weighted by Gasteiger charge is -2.12. The van der Waals surface area contributed by atoms with Crippen LogP contribution in [0.1, 0.15) is 18.5 Å². The molecule has 0 radical (unpaired) electrons. The number of rotatable bonds is 3. The predicted molar refractivity (Wildman–Crippen MR) is 71.4 cm³/mol. The lowest BCUT2D eigenvalue weighted by Crippen LogP contribution is -2.24. The molecule has 0 saturated carbocycles. The first-order valence-electron chi connectivity index (χ1n) is 6.02. The lowest BCUT2D eigenvalue weighted by atomic mass is 10.0. The van der Waals surface area contributed by atoms with Crippen molar-refractivity contribution in [1.82, 2.24) is 5.32 Å². The fourth-order valence-electron chi connectivity index (χ4n) is 1.94. The maximum absolute atomic E-state index is 13.6. The Kier molecular flexibility index (Phi) is 3.98. The van der Waals surface area contributed by atoms with Crippen molar-refractivity contribution in [2.24, 2.45) is 0 Å². The summed E-state index contributed by atoms with van der Waals surface area (Å²) >= 11 is 0. The minimum absolute atomic E-state index is 0.303. The molecule has 2 N–H and O–H groups in total. The number of hydrogen-bond donors (Lipinski definition) is 2. The Morgan fingerprint density at radius 1 is 1.15 bits per heavy atom. The third-order valence-corrected chi connectivity index (χ3v) is 2.99. The molecule has 2 aromatic carbocycles. The zero-order chi connectivity index (χ0) is 14.7. The van der Waals surface area contributed by atoms with Crippen LogP contribution in [0, 0.1) is 11.6 Å². The Hall–Kier alpha value is -2.43. The van der Waals surface area contributed by atoms with E-state index in [2.05, 4.69) is 5.32 Å². The van der Waals surface area contributed by atoms with E-state index >= 15 is 0 Å². The van der Waals surface area contributed by atoms with Crippen molar-refractivity contribution in [2.75, 3.05) is 0 Å². The lowest BCUT2D eigenvalue weighted by molar-refractivity contribution is 0.191. The summed E-state index contributed by atoms with van der Waals surface area (Å²) in [4.78, 5) is 10.6. The van der Waals surface area contributed by atoms with Gasteiger partial charge in [-0.25, -0.2) is 13.6 Å². The van der Waals surface area contributed by atoms with Crippen LogP contribution in [0.25, 0.3) is 11.1 Å². The molecule has 1 atom stereocenters. The van der Waals surface area contributed by atoms with Gasteiger partial charge in [0.25, 0.3) is 0 Å². The van der Waals surface area contributed by atoms with Crippen LogP contribution in [0.15, 0.2) is 42.5 Å². The summed E-state index contributed by atoms with van der Waals surface area (Å²) in [7, 11) is 0. The summed E-state index contributed by atoms with van der Waals surface area (Å²) in [6.07, 6.45) is -1.11.